The summed E-state index contributed by atoms with van der Waals surface area (Å²) in [4.78, 5) is 24.4. The zero-order chi connectivity index (χ0) is 20.5. The Hall–Kier alpha value is -2.20. The molecular weight excluding hydrogens is 389 g/mol. The number of anilines is 1. The van der Waals surface area contributed by atoms with Crippen molar-refractivity contribution >= 4 is 27.7 Å². The van der Waals surface area contributed by atoms with Gasteiger partial charge in [-0.2, -0.15) is 0 Å². The van der Waals surface area contributed by atoms with Gasteiger partial charge in [0.05, 0.1) is 25.0 Å². The molecule has 28 heavy (non-hydrogen) atoms. The maximum Gasteiger partial charge on any atom is 0.414 e. The predicted octanol–water partition coefficient (Wildman–Crippen LogP) is 1.43. The zero-order valence-corrected chi connectivity index (χ0v) is 16.7. The summed E-state index contributed by atoms with van der Waals surface area (Å²) in [6.07, 6.45) is 1.21. The Morgan fingerprint density at radius 2 is 2.00 bits per heavy atom. The number of hydrogen-bond acceptors (Lipinski definition) is 5. The Morgan fingerprint density at radius 3 is 2.57 bits per heavy atom. The molecule has 2 heterocycles. The van der Waals surface area contributed by atoms with Crippen molar-refractivity contribution in [3.05, 3.63) is 29.6 Å². The zero-order valence-electron chi connectivity index (χ0n) is 15.9. The maximum absolute atomic E-state index is 14.7. The van der Waals surface area contributed by atoms with Crippen LogP contribution in [0.5, 0.6) is 0 Å². The molecule has 2 saturated heterocycles. The number of hydrogen-bond donors (Lipinski definition) is 1. The van der Waals surface area contributed by atoms with Gasteiger partial charge in [-0.25, -0.2) is 21.9 Å². The first kappa shape index (κ1) is 20.5. The molecule has 1 aromatic rings. The van der Waals surface area contributed by atoms with Crippen LogP contribution in [0, 0.1) is 5.82 Å². The van der Waals surface area contributed by atoms with Gasteiger partial charge in [-0.3, -0.25) is 9.69 Å². The molecule has 1 aromatic carbocycles. The van der Waals surface area contributed by atoms with E-state index in [0.717, 1.165) is 0 Å². The SMILES string of the molecule is CC(=O)NC[C@H]1CN(c2ccc(C3CCN(S(C)(=O)=O)CC3)c(F)c2)C(=O)O1. The van der Waals surface area contributed by atoms with Crippen LogP contribution in [0.4, 0.5) is 14.9 Å². The molecule has 0 radical (unpaired) electrons. The highest BCUT2D eigenvalue weighted by Gasteiger charge is 2.33. The summed E-state index contributed by atoms with van der Waals surface area (Å²) in [6, 6.07) is 4.63. The van der Waals surface area contributed by atoms with Crippen LogP contribution in [0.3, 0.4) is 0 Å². The van der Waals surface area contributed by atoms with Crippen LogP contribution in [0.1, 0.15) is 31.2 Å². The summed E-state index contributed by atoms with van der Waals surface area (Å²) in [5.41, 5.74) is 0.921. The van der Waals surface area contributed by atoms with Gasteiger partial charge in [0.15, 0.2) is 0 Å². The van der Waals surface area contributed by atoms with E-state index in [-0.39, 0.29) is 24.9 Å². The third-order valence-corrected chi connectivity index (χ3v) is 6.41. The lowest BCUT2D eigenvalue weighted by Crippen LogP contribution is -2.37. The van der Waals surface area contributed by atoms with Gasteiger partial charge in [0, 0.05) is 20.0 Å². The lowest BCUT2D eigenvalue weighted by Gasteiger charge is -2.30. The first-order valence-electron chi connectivity index (χ1n) is 9.12. The maximum atomic E-state index is 14.7. The first-order chi connectivity index (χ1) is 13.1. The average molecular weight is 413 g/mol. The second-order valence-electron chi connectivity index (χ2n) is 7.20. The summed E-state index contributed by atoms with van der Waals surface area (Å²) in [5, 5.41) is 2.59. The molecule has 0 unspecified atom stereocenters. The molecule has 3 rings (SSSR count). The van der Waals surface area contributed by atoms with E-state index in [1.807, 2.05) is 0 Å². The van der Waals surface area contributed by atoms with Crippen LogP contribution < -0.4 is 10.2 Å². The summed E-state index contributed by atoms with van der Waals surface area (Å²) >= 11 is 0. The van der Waals surface area contributed by atoms with Crippen molar-refractivity contribution < 1.29 is 27.1 Å². The monoisotopic (exact) mass is 413 g/mol. The normalized spacial score (nSPS) is 21.6. The molecular formula is C18H24FN3O5S. The van der Waals surface area contributed by atoms with Crippen molar-refractivity contribution in [3.8, 4) is 0 Å². The summed E-state index contributed by atoms with van der Waals surface area (Å²) < 4.78 is 44.6. The van der Waals surface area contributed by atoms with Crippen LogP contribution in [-0.4, -0.2) is 63.3 Å². The fourth-order valence-corrected chi connectivity index (χ4v) is 4.48. The Bertz CT molecular complexity index is 868. The number of benzene rings is 1. The molecule has 0 aromatic heterocycles. The van der Waals surface area contributed by atoms with E-state index in [1.165, 1.54) is 28.5 Å². The van der Waals surface area contributed by atoms with Crippen molar-refractivity contribution in [1.82, 2.24) is 9.62 Å². The van der Waals surface area contributed by atoms with E-state index < -0.39 is 28.0 Å². The van der Waals surface area contributed by atoms with Gasteiger partial charge in [-0.1, -0.05) is 6.07 Å². The van der Waals surface area contributed by atoms with E-state index >= 15 is 0 Å². The number of halogens is 1. The molecule has 154 valence electrons. The van der Waals surface area contributed by atoms with E-state index in [1.54, 1.807) is 12.1 Å². The lowest BCUT2D eigenvalue weighted by atomic mass is 9.89. The molecule has 0 saturated carbocycles. The van der Waals surface area contributed by atoms with Gasteiger partial charge >= 0.3 is 6.09 Å². The highest BCUT2D eigenvalue weighted by Crippen LogP contribution is 2.33. The third-order valence-electron chi connectivity index (χ3n) is 5.11. The van der Waals surface area contributed by atoms with E-state index in [4.69, 9.17) is 4.74 Å². The number of cyclic esters (lactones) is 1. The van der Waals surface area contributed by atoms with Crippen LogP contribution in [0.2, 0.25) is 0 Å². The van der Waals surface area contributed by atoms with E-state index in [2.05, 4.69) is 5.32 Å². The lowest BCUT2D eigenvalue weighted by molar-refractivity contribution is -0.119. The van der Waals surface area contributed by atoms with Crippen LogP contribution in [0.25, 0.3) is 0 Å². The standard InChI is InChI=1S/C18H24FN3O5S/c1-12(23)20-10-15-11-22(18(24)27-15)14-3-4-16(17(19)9-14)13-5-7-21(8-6-13)28(2,25)26/h3-4,9,13,15H,5-8,10-11H2,1-2H3,(H,20,23)/t15-/m0/s1. The van der Waals surface area contributed by atoms with Crippen molar-refractivity contribution in [2.24, 2.45) is 0 Å². The molecule has 0 spiro atoms. The molecule has 2 amide bonds. The highest BCUT2D eigenvalue weighted by atomic mass is 32.2. The molecule has 2 aliphatic heterocycles. The highest BCUT2D eigenvalue weighted by molar-refractivity contribution is 7.88. The summed E-state index contributed by atoms with van der Waals surface area (Å²) in [7, 11) is -3.23. The molecule has 2 aliphatic rings. The van der Waals surface area contributed by atoms with Crippen LogP contribution in [0.15, 0.2) is 18.2 Å². The largest absolute Gasteiger partial charge is 0.442 e. The van der Waals surface area contributed by atoms with Crippen molar-refractivity contribution in [2.75, 3.05) is 37.3 Å². The Balaban J connectivity index is 1.66. The Morgan fingerprint density at radius 1 is 1.32 bits per heavy atom. The predicted molar refractivity (Wildman–Crippen MR) is 101 cm³/mol. The molecule has 2 fully saturated rings. The Kier molecular flexibility index (Phi) is 5.90. The van der Waals surface area contributed by atoms with Gasteiger partial charge in [-0.15, -0.1) is 0 Å². The number of nitrogens with one attached hydrogen (secondary N) is 1. The molecule has 10 heteroatoms. The number of nitrogens with zero attached hydrogens (tertiary/aromatic N) is 2. The number of rotatable bonds is 5. The third kappa shape index (κ3) is 4.61. The number of amides is 2. The smallest absolute Gasteiger partial charge is 0.414 e. The van der Waals surface area contributed by atoms with Gasteiger partial charge in [-0.05, 0) is 36.5 Å². The van der Waals surface area contributed by atoms with Crippen molar-refractivity contribution in [1.29, 1.82) is 0 Å². The average Bonchev–Trinajstić information content (AvgIpc) is 3.00. The summed E-state index contributed by atoms with van der Waals surface area (Å²) in [5.74, 6) is -0.703. The fraction of sp³-hybridized carbons (Fsp3) is 0.556. The molecule has 0 aliphatic carbocycles. The quantitative estimate of drug-likeness (QED) is 0.788. The second-order valence-corrected chi connectivity index (χ2v) is 9.18. The Labute approximate surface area is 163 Å². The minimum atomic E-state index is -3.23. The molecule has 1 N–H and O–H groups in total. The molecule has 8 nitrogen and oxygen atoms in total. The summed E-state index contributed by atoms with van der Waals surface area (Å²) in [6.45, 7) is 2.55. The fourth-order valence-electron chi connectivity index (χ4n) is 3.61. The van der Waals surface area contributed by atoms with Gasteiger partial charge in [0.2, 0.25) is 15.9 Å². The molecule has 0 bridgehead atoms. The number of carbonyl (C=O) groups excluding carboxylic acids is 2. The number of ether oxygens (including phenoxy) is 1. The minimum Gasteiger partial charge on any atom is -0.442 e. The first-order valence-corrected chi connectivity index (χ1v) is 11.0. The van der Waals surface area contributed by atoms with Crippen molar-refractivity contribution in [2.45, 2.75) is 31.8 Å². The van der Waals surface area contributed by atoms with Crippen LogP contribution in [-0.2, 0) is 19.6 Å². The number of sulfonamides is 1. The minimum absolute atomic E-state index is 0.0647. The number of carbonyl (C=O) groups is 2. The molecule has 1 atom stereocenters. The van der Waals surface area contributed by atoms with Gasteiger partial charge in [0.25, 0.3) is 0 Å². The topological polar surface area (TPSA) is 96.0 Å². The number of piperidine rings is 1. The van der Waals surface area contributed by atoms with Crippen LogP contribution >= 0.6 is 0 Å². The van der Waals surface area contributed by atoms with E-state index in [9.17, 15) is 22.4 Å². The van der Waals surface area contributed by atoms with Gasteiger partial charge in [0.1, 0.15) is 11.9 Å². The van der Waals surface area contributed by atoms with E-state index in [0.29, 0.717) is 37.2 Å². The van der Waals surface area contributed by atoms with Crippen molar-refractivity contribution in [3.63, 3.8) is 0 Å². The second kappa shape index (κ2) is 8.04. The van der Waals surface area contributed by atoms with Gasteiger partial charge < -0.3 is 10.1 Å².